The van der Waals surface area contributed by atoms with Crippen molar-refractivity contribution in [3.05, 3.63) is 70.9 Å². The summed E-state index contributed by atoms with van der Waals surface area (Å²) in [7, 11) is 0. The zero-order chi connectivity index (χ0) is 24.0. The monoisotopic (exact) mass is 489 g/mol. The van der Waals surface area contributed by atoms with Crippen molar-refractivity contribution in [1.29, 1.82) is 5.26 Å². The summed E-state index contributed by atoms with van der Waals surface area (Å²) in [6.07, 6.45) is 7.41. The molecule has 10 heteroatoms. The summed E-state index contributed by atoms with van der Waals surface area (Å²) in [6.45, 7) is 1.93. The van der Waals surface area contributed by atoms with E-state index in [0.29, 0.717) is 38.9 Å². The van der Waals surface area contributed by atoms with E-state index >= 15 is 0 Å². The molecule has 0 aliphatic carbocycles. The van der Waals surface area contributed by atoms with Crippen molar-refractivity contribution < 1.29 is 4.79 Å². The van der Waals surface area contributed by atoms with Gasteiger partial charge in [0.05, 0.1) is 40.3 Å². The molecule has 5 aromatic rings. The van der Waals surface area contributed by atoms with Crippen LogP contribution < -0.4 is 5.73 Å². The fourth-order valence-electron chi connectivity index (χ4n) is 3.95. The van der Waals surface area contributed by atoms with Crippen molar-refractivity contribution in [3.8, 4) is 28.5 Å². The van der Waals surface area contributed by atoms with Crippen LogP contribution in [0.1, 0.15) is 29.9 Å². The lowest BCUT2D eigenvalue weighted by Crippen LogP contribution is -2.15. The molecular formula is C24H17Cl2N7O. The highest BCUT2D eigenvalue weighted by molar-refractivity contribution is 6.39. The Labute approximate surface area is 204 Å². The molecule has 1 unspecified atom stereocenters. The molecule has 0 aliphatic heterocycles. The Bertz CT molecular complexity index is 1610. The predicted octanol–water partition coefficient (Wildman–Crippen LogP) is 5.29. The number of nitrogens with zero attached hydrogens (tertiary/aromatic N) is 6. The SMILES string of the molecule is CC(CC#N)n1cc(-c2cnc3ccn4c(C(N)=O)c(-c5c(Cl)cccc5Cl)nc4c3c2)cn1. The summed E-state index contributed by atoms with van der Waals surface area (Å²) in [5.74, 6) is -0.658. The number of nitrogens with two attached hydrogens (primary N) is 1. The maximum Gasteiger partial charge on any atom is 0.268 e. The molecule has 0 fully saturated rings. The topological polar surface area (TPSA) is 115 Å². The fourth-order valence-corrected chi connectivity index (χ4v) is 4.52. The molecule has 8 nitrogen and oxygen atoms in total. The van der Waals surface area contributed by atoms with Crippen molar-refractivity contribution in [2.45, 2.75) is 19.4 Å². The van der Waals surface area contributed by atoms with Crippen LogP contribution in [-0.4, -0.2) is 30.1 Å². The molecule has 1 atom stereocenters. The van der Waals surface area contributed by atoms with Crippen LogP contribution in [0.5, 0.6) is 0 Å². The minimum Gasteiger partial charge on any atom is -0.364 e. The Morgan fingerprint density at radius 1 is 1.21 bits per heavy atom. The highest BCUT2D eigenvalue weighted by Crippen LogP contribution is 2.37. The Morgan fingerprint density at radius 3 is 2.68 bits per heavy atom. The number of halogens is 2. The third kappa shape index (κ3) is 3.55. The first-order valence-corrected chi connectivity index (χ1v) is 11.1. The van der Waals surface area contributed by atoms with E-state index in [1.54, 1.807) is 51.9 Å². The van der Waals surface area contributed by atoms with E-state index in [1.807, 2.05) is 19.2 Å². The number of amides is 1. The first-order chi connectivity index (χ1) is 16.4. The number of nitriles is 1. The molecule has 0 spiro atoms. The second-order valence-corrected chi connectivity index (χ2v) is 8.67. The Balaban J connectivity index is 1.73. The number of imidazole rings is 1. The highest BCUT2D eigenvalue weighted by Gasteiger charge is 2.23. The molecule has 168 valence electrons. The first kappa shape index (κ1) is 21.9. The fraction of sp³-hybridized carbons (Fsp3) is 0.125. The van der Waals surface area contributed by atoms with Crippen molar-refractivity contribution >= 4 is 45.7 Å². The van der Waals surface area contributed by atoms with Crippen molar-refractivity contribution in [3.63, 3.8) is 0 Å². The lowest BCUT2D eigenvalue weighted by molar-refractivity contribution is 0.0995. The molecule has 5 rings (SSSR count). The second kappa shape index (κ2) is 8.45. The normalized spacial score (nSPS) is 12.2. The Morgan fingerprint density at radius 2 is 1.97 bits per heavy atom. The maximum absolute atomic E-state index is 12.5. The lowest BCUT2D eigenvalue weighted by Gasteiger charge is -2.07. The average Bonchev–Trinajstić information content (AvgIpc) is 3.44. The Kier molecular flexibility index (Phi) is 5.44. The molecule has 4 aromatic heterocycles. The van der Waals surface area contributed by atoms with Gasteiger partial charge in [0.15, 0.2) is 0 Å². The second-order valence-electron chi connectivity index (χ2n) is 7.86. The minimum absolute atomic E-state index is 0.0489. The number of hydrogen-bond donors (Lipinski definition) is 1. The van der Waals surface area contributed by atoms with Gasteiger partial charge in [0, 0.05) is 40.7 Å². The summed E-state index contributed by atoms with van der Waals surface area (Å²) in [5, 5.41) is 14.8. The van der Waals surface area contributed by atoms with E-state index in [1.165, 1.54) is 0 Å². The molecular weight excluding hydrogens is 473 g/mol. The van der Waals surface area contributed by atoms with E-state index in [-0.39, 0.29) is 11.7 Å². The van der Waals surface area contributed by atoms with Gasteiger partial charge in [-0.2, -0.15) is 10.4 Å². The maximum atomic E-state index is 12.5. The van der Waals surface area contributed by atoms with Crippen LogP contribution in [0.15, 0.2) is 55.1 Å². The van der Waals surface area contributed by atoms with E-state index < -0.39 is 5.91 Å². The number of fused-ring (bicyclic) bond motifs is 3. The van der Waals surface area contributed by atoms with Crippen LogP contribution in [0.4, 0.5) is 0 Å². The lowest BCUT2D eigenvalue weighted by atomic mass is 10.1. The third-order valence-electron chi connectivity index (χ3n) is 5.66. The summed E-state index contributed by atoms with van der Waals surface area (Å²) in [6, 6.07) is 10.9. The van der Waals surface area contributed by atoms with E-state index in [9.17, 15) is 4.79 Å². The van der Waals surface area contributed by atoms with Gasteiger partial charge in [0.2, 0.25) is 0 Å². The molecule has 1 amide bonds. The van der Waals surface area contributed by atoms with Crippen LogP contribution in [0, 0.1) is 11.3 Å². The van der Waals surface area contributed by atoms with Gasteiger partial charge in [-0.1, -0.05) is 29.3 Å². The Hall–Kier alpha value is -3.93. The number of carbonyl (C=O) groups excluding carboxylic acids is 1. The number of carbonyl (C=O) groups is 1. The first-order valence-electron chi connectivity index (χ1n) is 10.4. The molecule has 0 bridgehead atoms. The number of primary amides is 1. The third-order valence-corrected chi connectivity index (χ3v) is 6.29. The zero-order valence-electron chi connectivity index (χ0n) is 17.9. The average molecular weight is 490 g/mol. The highest BCUT2D eigenvalue weighted by atomic mass is 35.5. The van der Waals surface area contributed by atoms with Crippen LogP contribution in [0.3, 0.4) is 0 Å². The smallest absolute Gasteiger partial charge is 0.268 e. The quantitative estimate of drug-likeness (QED) is 0.359. The molecule has 34 heavy (non-hydrogen) atoms. The molecule has 0 saturated heterocycles. The summed E-state index contributed by atoms with van der Waals surface area (Å²) in [5.41, 5.74) is 9.52. The van der Waals surface area contributed by atoms with Gasteiger partial charge in [-0.3, -0.25) is 18.9 Å². The molecule has 0 saturated carbocycles. The number of hydrogen-bond acceptors (Lipinski definition) is 5. The van der Waals surface area contributed by atoms with Crippen LogP contribution in [0.2, 0.25) is 10.0 Å². The van der Waals surface area contributed by atoms with Gasteiger partial charge >= 0.3 is 0 Å². The molecule has 2 N–H and O–H groups in total. The van der Waals surface area contributed by atoms with Crippen molar-refractivity contribution in [2.24, 2.45) is 5.73 Å². The number of benzene rings is 1. The van der Waals surface area contributed by atoms with E-state index in [4.69, 9.17) is 39.2 Å². The van der Waals surface area contributed by atoms with Gasteiger partial charge in [-0.05, 0) is 31.2 Å². The summed E-state index contributed by atoms with van der Waals surface area (Å²) < 4.78 is 3.38. The van der Waals surface area contributed by atoms with Crippen LogP contribution in [-0.2, 0) is 0 Å². The minimum atomic E-state index is -0.658. The van der Waals surface area contributed by atoms with Crippen LogP contribution in [0.25, 0.3) is 38.9 Å². The molecule has 4 heterocycles. The number of rotatable bonds is 5. The standard InChI is InChI=1S/C24H17Cl2N7O/c1-13(5-7-27)33-12-15(11-30-33)14-9-16-19(29-10-14)6-8-32-22(23(28)34)21(31-24(16)32)20-17(25)3-2-4-18(20)26/h2-4,6,8-13H,5H2,1H3,(H2,28,34). The molecule has 0 aliphatic rings. The van der Waals surface area contributed by atoms with E-state index in [0.717, 1.165) is 16.5 Å². The predicted molar refractivity (Wildman–Crippen MR) is 131 cm³/mol. The zero-order valence-corrected chi connectivity index (χ0v) is 19.4. The largest absolute Gasteiger partial charge is 0.364 e. The summed E-state index contributed by atoms with van der Waals surface area (Å²) in [4.78, 5) is 21.8. The van der Waals surface area contributed by atoms with Crippen molar-refractivity contribution in [1.82, 2.24) is 24.1 Å². The van der Waals surface area contributed by atoms with Gasteiger partial charge in [-0.15, -0.1) is 0 Å². The van der Waals surface area contributed by atoms with Crippen molar-refractivity contribution in [2.75, 3.05) is 0 Å². The van der Waals surface area contributed by atoms with Crippen LogP contribution >= 0.6 is 23.2 Å². The summed E-state index contributed by atoms with van der Waals surface area (Å²) >= 11 is 12.8. The number of pyridine rings is 2. The molecule has 1 aromatic carbocycles. The van der Waals surface area contributed by atoms with Gasteiger partial charge in [0.25, 0.3) is 5.91 Å². The molecule has 0 radical (unpaired) electrons. The van der Waals surface area contributed by atoms with Gasteiger partial charge in [0.1, 0.15) is 17.0 Å². The van der Waals surface area contributed by atoms with Gasteiger partial charge < -0.3 is 5.73 Å². The van der Waals surface area contributed by atoms with E-state index in [2.05, 4.69) is 16.2 Å². The van der Waals surface area contributed by atoms with Gasteiger partial charge in [-0.25, -0.2) is 4.98 Å². The number of aromatic nitrogens is 5.